The van der Waals surface area contributed by atoms with Crippen LogP contribution in [0.1, 0.15) is 36.0 Å². The van der Waals surface area contributed by atoms with Gasteiger partial charge in [-0.3, -0.25) is 4.79 Å². The molecule has 0 aliphatic carbocycles. The van der Waals surface area contributed by atoms with Crippen molar-refractivity contribution in [2.45, 2.75) is 31.7 Å². The molecule has 0 aromatic heterocycles. The standard InChI is InChI=1S/C22H25BrN2O/c23-20-11-9-18(10-12-20)17-5-7-19(8-6-17)22(26)25-15-3-4-21(25)16-24-13-1-2-14-24/h5-12,21H,1-4,13-16H2/t21-/m0/s1. The van der Waals surface area contributed by atoms with Crippen LogP contribution in [0.3, 0.4) is 0 Å². The van der Waals surface area contributed by atoms with Crippen molar-refractivity contribution in [3.63, 3.8) is 0 Å². The Hall–Kier alpha value is -1.65. The van der Waals surface area contributed by atoms with Gasteiger partial charge in [-0.2, -0.15) is 0 Å². The first-order valence-corrected chi connectivity index (χ1v) is 10.4. The molecule has 2 aliphatic heterocycles. The molecule has 0 radical (unpaired) electrons. The largest absolute Gasteiger partial charge is 0.334 e. The van der Waals surface area contributed by atoms with E-state index in [0.29, 0.717) is 6.04 Å². The van der Waals surface area contributed by atoms with Gasteiger partial charge >= 0.3 is 0 Å². The van der Waals surface area contributed by atoms with Crippen LogP contribution in [0.2, 0.25) is 0 Å². The van der Waals surface area contributed by atoms with Crippen LogP contribution in [0.4, 0.5) is 0 Å². The normalized spacial score (nSPS) is 20.7. The molecule has 1 atom stereocenters. The summed E-state index contributed by atoms with van der Waals surface area (Å²) in [6, 6.07) is 16.7. The van der Waals surface area contributed by atoms with E-state index in [1.807, 2.05) is 24.3 Å². The molecule has 0 bridgehead atoms. The Bertz CT molecular complexity index is 751. The fourth-order valence-corrected chi connectivity index (χ4v) is 4.43. The zero-order valence-electron chi connectivity index (χ0n) is 15.0. The smallest absolute Gasteiger partial charge is 0.254 e. The molecule has 1 amide bonds. The van der Waals surface area contributed by atoms with Crippen LogP contribution < -0.4 is 0 Å². The second-order valence-electron chi connectivity index (χ2n) is 7.39. The lowest BCUT2D eigenvalue weighted by Crippen LogP contribution is -2.42. The van der Waals surface area contributed by atoms with Crippen LogP contribution in [-0.4, -0.2) is 47.9 Å². The highest BCUT2D eigenvalue weighted by Crippen LogP contribution is 2.25. The quantitative estimate of drug-likeness (QED) is 0.718. The number of carbonyl (C=O) groups is 1. The summed E-state index contributed by atoms with van der Waals surface area (Å²) in [6.45, 7) is 4.33. The summed E-state index contributed by atoms with van der Waals surface area (Å²) in [5.74, 6) is 0.189. The van der Waals surface area contributed by atoms with E-state index in [1.165, 1.54) is 31.5 Å². The fraction of sp³-hybridized carbons (Fsp3) is 0.409. The van der Waals surface area contributed by atoms with Gasteiger partial charge < -0.3 is 9.80 Å². The molecule has 2 saturated heterocycles. The lowest BCUT2D eigenvalue weighted by Gasteiger charge is -2.28. The van der Waals surface area contributed by atoms with E-state index in [-0.39, 0.29) is 5.91 Å². The Morgan fingerprint density at radius 2 is 1.50 bits per heavy atom. The van der Waals surface area contributed by atoms with Crippen LogP contribution in [0.15, 0.2) is 53.0 Å². The number of benzene rings is 2. The van der Waals surface area contributed by atoms with Crippen molar-refractivity contribution in [3.8, 4) is 11.1 Å². The number of hydrogen-bond donors (Lipinski definition) is 0. The molecule has 2 aliphatic rings. The van der Waals surface area contributed by atoms with Gasteiger partial charge in [0.1, 0.15) is 0 Å². The fourth-order valence-electron chi connectivity index (χ4n) is 4.17. The molecule has 2 fully saturated rings. The molecule has 4 rings (SSSR count). The van der Waals surface area contributed by atoms with E-state index in [9.17, 15) is 4.79 Å². The molecular weight excluding hydrogens is 388 g/mol. The van der Waals surface area contributed by atoms with E-state index in [1.54, 1.807) is 0 Å². The maximum absolute atomic E-state index is 13.0. The Labute approximate surface area is 164 Å². The van der Waals surface area contributed by atoms with Gasteiger partial charge in [0.15, 0.2) is 0 Å². The summed E-state index contributed by atoms with van der Waals surface area (Å²) in [6.07, 6.45) is 4.87. The number of hydrogen-bond acceptors (Lipinski definition) is 2. The van der Waals surface area contributed by atoms with Crippen molar-refractivity contribution in [3.05, 3.63) is 58.6 Å². The minimum atomic E-state index is 0.189. The van der Waals surface area contributed by atoms with E-state index < -0.39 is 0 Å². The topological polar surface area (TPSA) is 23.6 Å². The van der Waals surface area contributed by atoms with Crippen molar-refractivity contribution in [2.75, 3.05) is 26.2 Å². The first kappa shape index (κ1) is 17.7. The van der Waals surface area contributed by atoms with Crippen molar-refractivity contribution < 1.29 is 4.79 Å². The summed E-state index contributed by atoms with van der Waals surface area (Å²) < 4.78 is 1.08. The second kappa shape index (κ2) is 7.93. The minimum Gasteiger partial charge on any atom is -0.334 e. The zero-order valence-corrected chi connectivity index (χ0v) is 16.6. The summed E-state index contributed by atoms with van der Waals surface area (Å²) in [5, 5.41) is 0. The molecule has 4 heteroatoms. The van der Waals surface area contributed by atoms with Gasteiger partial charge in [-0.25, -0.2) is 0 Å². The van der Waals surface area contributed by atoms with E-state index in [2.05, 4.69) is 50.0 Å². The van der Waals surface area contributed by atoms with E-state index >= 15 is 0 Å². The van der Waals surface area contributed by atoms with Crippen molar-refractivity contribution >= 4 is 21.8 Å². The molecular formula is C22H25BrN2O. The van der Waals surface area contributed by atoms with Crippen molar-refractivity contribution in [1.82, 2.24) is 9.80 Å². The predicted molar refractivity (Wildman–Crippen MR) is 109 cm³/mol. The number of likely N-dealkylation sites (tertiary alicyclic amines) is 2. The molecule has 3 nitrogen and oxygen atoms in total. The molecule has 0 saturated carbocycles. The SMILES string of the molecule is O=C(c1ccc(-c2ccc(Br)cc2)cc1)N1CCC[C@H]1CN1CCCC1. The molecule has 2 heterocycles. The monoisotopic (exact) mass is 412 g/mol. The van der Waals surface area contributed by atoms with Crippen LogP contribution in [0, 0.1) is 0 Å². The number of carbonyl (C=O) groups excluding carboxylic acids is 1. The Morgan fingerprint density at radius 1 is 0.885 bits per heavy atom. The van der Waals surface area contributed by atoms with E-state index in [4.69, 9.17) is 0 Å². The summed E-state index contributed by atoms with van der Waals surface area (Å²) in [5.41, 5.74) is 3.11. The lowest BCUT2D eigenvalue weighted by molar-refractivity contribution is 0.0709. The van der Waals surface area contributed by atoms with Gasteiger partial charge in [0.25, 0.3) is 5.91 Å². The lowest BCUT2D eigenvalue weighted by atomic mass is 10.0. The average molecular weight is 413 g/mol. The third-order valence-electron chi connectivity index (χ3n) is 5.62. The molecule has 136 valence electrons. The summed E-state index contributed by atoms with van der Waals surface area (Å²) >= 11 is 3.47. The van der Waals surface area contributed by atoms with Crippen LogP contribution in [0.25, 0.3) is 11.1 Å². The molecule has 0 N–H and O–H groups in total. The van der Waals surface area contributed by atoms with Crippen LogP contribution >= 0.6 is 15.9 Å². The summed E-state index contributed by atoms with van der Waals surface area (Å²) in [4.78, 5) is 17.6. The zero-order chi connectivity index (χ0) is 17.9. The van der Waals surface area contributed by atoms with Gasteiger partial charge in [0.05, 0.1) is 0 Å². The third kappa shape index (κ3) is 3.86. The Balaban J connectivity index is 1.46. The second-order valence-corrected chi connectivity index (χ2v) is 8.30. The highest BCUT2D eigenvalue weighted by atomic mass is 79.9. The predicted octanol–water partition coefficient (Wildman–Crippen LogP) is 4.82. The molecule has 2 aromatic carbocycles. The maximum atomic E-state index is 13.0. The number of halogens is 1. The Kier molecular flexibility index (Phi) is 5.41. The van der Waals surface area contributed by atoms with Crippen LogP contribution in [0.5, 0.6) is 0 Å². The van der Waals surface area contributed by atoms with Gasteiger partial charge in [-0.1, -0.05) is 40.2 Å². The highest BCUT2D eigenvalue weighted by molar-refractivity contribution is 9.10. The van der Waals surface area contributed by atoms with Crippen molar-refractivity contribution in [1.29, 1.82) is 0 Å². The first-order valence-electron chi connectivity index (χ1n) is 9.60. The van der Waals surface area contributed by atoms with Gasteiger partial charge in [0.2, 0.25) is 0 Å². The van der Waals surface area contributed by atoms with E-state index in [0.717, 1.165) is 41.5 Å². The number of rotatable bonds is 4. The van der Waals surface area contributed by atoms with Gasteiger partial charge in [-0.05, 0) is 74.2 Å². The molecule has 2 aromatic rings. The molecule has 0 unspecified atom stereocenters. The van der Waals surface area contributed by atoms with Crippen molar-refractivity contribution in [2.24, 2.45) is 0 Å². The third-order valence-corrected chi connectivity index (χ3v) is 6.14. The van der Waals surface area contributed by atoms with Gasteiger partial charge in [-0.15, -0.1) is 0 Å². The summed E-state index contributed by atoms with van der Waals surface area (Å²) in [7, 11) is 0. The minimum absolute atomic E-state index is 0.189. The average Bonchev–Trinajstić information content (AvgIpc) is 3.34. The first-order chi connectivity index (χ1) is 12.7. The number of nitrogens with zero attached hydrogens (tertiary/aromatic N) is 2. The highest BCUT2D eigenvalue weighted by Gasteiger charge is 2.31. The van der Waals surface area contributed by atoms with Crippen LogP contribution in [-0.2, 0) is 0 Å². The number of amides is 1. The van der Waals surface area contributed by atoms with Gasteiger partial charge in [0, 0.05) is 29.2 Å². The maximum Gasteiger partial charge on any atom is 0.254 e. The molecule has 26 heavy (non-hydrogen) atoms. The molecule has 0 spiro atoms. The Morgan fingerprint density at radius 3 is 2.15 bits per heavy atom.